The third kappa shape index (κ3) is 2.61. The Morgan fingerprint density at radius 1 is 1.37 bits per heavy atom. The summed E-state index contributed by atoms with van der Waals surface area (Å²) in [6, 6.07) is 7.73. The number of fused-ring (bicyclic) bond motifs is 1. The molecule has 1 aromatic carbocycles. The van der Waals surface area contributed by atoms with Crippen LogP contribution in [-0.4, -0.2) is 15.7 Å². The van der Waals surface area contributed by atoms with Crippen LogP contribution in [0.3, 0.4) is 0 Å². The van der Waals surface area contributed by atoms with Crippen molar-refractivity contribution in [2.45, 2.75) is 18.2 Å². The predicted molar refractivity (Wildman–Crippen MR) is 78.4 cm³/mol. The van der Waals surface area contributed by atoms with Crippen LogP contribution in [0, 0.1) is 6.92 Å². The predicted octanol–water partition coefficient (Wildman–Crippen LogP) is 3.38. The van der Waals surface area contributed by atoms with Crippen molar-refractivity contribution in [3.63, 3.8) is 0 Å². The summed E-state index contributed by atoms with van der Waals surface area (Å²) in [7, 11) is 0. The van der Waals surface area contributed by atoms with Crippen LogP contribution in [0.2, 0.25) is 0 Å². The highest BCUT2D eigenvalue weighted by molar-refractivity contribution is 7.99. The maximum absolute atomic E-state index is 5.75. The zero-order valence-electron chi connectivity index (χ0n) is 10.6. The van der Waals surface area contributed by atoms with Gasteiger partial charge >= 0.3 is 0 Å². The summed E-state index contributed by atoms with van der Waals surface area (Å²) in [6.07, 6.45) is 2.62. The second-order valence-corrected chi connectivity index (χ2v) is 5.54. The van der Waals surface area contributed by atoms with E-state index in [0.29, 0.717) is 0 Å². The van der Waals surface area contributed by atoms with Gasteiger partial charge in [-0.05, 0) is 31.2 Å². The molecule has 98 valence electrons. The number of anilines is 1. The summed E-state index contributed by atoms with van der Waals surface area (Å²) in [5, 5.41) is 0. The first kappa shape index (κ1) is 12.2. The number of nitrogens with two attached hydrogens (primary N) is 1. The van der Waals surface area contributed by atoms with Gasteiger partial charge < -0.3 is 15.1 Å². The van der Waals surface area contributed by atoms with Gasteiger partial charge in [0.05, 0.1) is 17.3 Å². The molecule has 0 atom stereocenters. The molecular weight excluding hydrogens is 258 g/mol. The van der Waals surface area contributed by atoms with E-state index in [9.17, 15) is 0 Å². The molecule has 2 aromatic heterocycles. The van der Waals surface area contributed by atoms with Crippen LogP contribution in [0.15, 0.2) is 39.8 Å². The van der Waals surface area contributed by atoms with Crippen LogP contribution in [0.25, 0.3) is 11.0 Å². The number of benzene rings is 1. The lowest BCUT2D eigenvalue weighted by Crippen LogP contribution is -1.90. The van der Waals surface area contributed by atoms with E-state index in [1.54, 1.807) is 18.0 Å². The summed E-state index contributed by atoms with van der Waals surface area (Å²) in [5.41, 5.74) is 8.47. The fraction of sp³-hybridized carbons (Fsp3) is 0.214. The number of imidazole rings is 1. The number of rotatable bonds is 4. The second kappa shape index (κ2) is 5.01. The molecule has 0 amide bonds. The van der Waals surface area contributed by atoms with Crippen LogP contribution in [0.1, 0.15) is 11.6 Å². The number of furan rings is 1. The highest BCUT2D eigenvalue weighted by Gasteiger charge is 2.05. The summed E-state index contributed by atoms with van der Waals surface area (Å²) in [6.45, 7) is 1.98. The van der Waals surface area contributed by atoms with Gasteiger partial charge in [0.15, 0.2) is 0 Å². The third-order valence-corrected chi connectivity index (χ3v) is 4.11. The first-order chi connectivity index (χ1) is 9.22. The van der Waals surface area contributed by atoms with Crippen molar-refractivity contribution in [1.82, 2.24) is 9.97 Å². The molecule has 0 aliphatic rings. The van der Waals surface area contributed by atoms with Crippen molar-refractivity contribution in [2.75, 3.05) is 11.5 Å². The number of hydrogen-bond acceptors (Lipinski definition) is 4. The van der Waals surface area contributed by atoms with Gasteiger partial charge in [-0.2, -0.15) is 0 Å². The second-order valence-electron chi connectivity index (χ2n) is 4.40. The third-order valence-electron chi connectivity index (χ3n) is 2.96. The topological polar surface area (TPSA) is 67.8 Å². The van der Waals surface area contributed by atoms with E-state index in [4.69, 9.17) is 10.2 Å². The van der Waals surface area contributed by atoms with Crippen LogP contribution in [0.5, 0.6) is 0 Å². The van der Waals surface area contributed by atoms with E-state index < -0.39 is 0 Å². The number of H-pyrrole nitrogens is 1. The minimum Gasteiger partial charge on any atom is -0.468 e. The van der Waals surface area contributed by atoms with Crippen molar-refractivity contribution in [2.24, 2.45) is 0 Å². The minimum absolute atomic E-state index is 0.756. The van der Waals surface area contributed by atoms with Crippen LogP contribution < -0.4 is 5.73 Å². The molecule has 19 heavy (non-hydrogen) atoms. The molecule has 4 nitrogen and oxygen atoms in total. The summed E-state index contributed by atoms with van der Waals surface area (Å²) < 4.78 is 5.27. The van der Waals surface area contributed by atoms with Crippen molar-refractivity contribution in [3.05, 3.63) is 42.1 Å². The van der Waals surface area contributed by atoms with Crippen molar-refractivity contribution < 1.29 is 4.42 Å². The molecule has 3 aromatic rings. The molecule has 3 N–H and O–H groups in total. The number of aryl methyl sites for hydroxylation is 2. The van der Waals surface area contributed by atoms with Crippen molar-refractivity contribution >= 4 is 28.5 Å². The van der Waals surface area contributed by atoms with E-state index in [0.717, 1.165) is 40.5 Å². The summed E-state index contributed by atoms with van der Waals surface area (Å²) in [4.78, 5) is 9.05. The Bertz CT molecular complexity index is 702. The maximum Gasteiger partial charge on any atom is 0.114 e. The lowest BCUT2D eigenvalue weighted by molar-refractivity contribution is 0.527. The number of aromatic amines is 1. The molecule has 3 rings (SSSR count). The highest BCUT2D eigenvalue weighted by atomic mass is 32.2. The van der Waals surface area contributed by atoms with E-state index in [1.807, 2.05) is 31.2 Å². The first-order valence-electron chi connectivity index (χ1n) is 6.13. The van der Waals surface area contributed by atoms with Gasteiger partial charge in [-0.1, -0.05) is 0 Å². The molecule has 0 aliphatic carbocycles. The zero-order valence-corrected chi connectivity index (χ0v) is 11.5. The molecular formula is C14H15N3OS. The molecule has 0 unspecified atom stereocenters. The van der Waals surface area contributed by atoms with Gasteiger partial charge in [-0.3, -0.25) is 0 Å². The van der Waals surface area contributed by atoms with Crippen molar-refractivity contribution in [3.8, 4) is 0 Å². The Labute approximate surface area is 115 Å². The van der Waals surface area contributed by atoms with Gasteiger partial charge in [-0.15, -0.1) is 11.8 Å². The molecule has 0 fully saturated rings. The number of nitrogens with zero attached hydrogens (tertiary/aromatic N) is 1. The largest absolute Gasteiger partial charge is 0.468 e. The van der Waals surface area contributed by atoms with Gasteiger partial charge in [0.1, 0.15) is 11.6 Å². The number of nitrogen functional groups attached to an aromatic ring is 1. The average Bonchev–Trinajstić information content (AvgIpc) is 2.95. The van der Waals surface area contributed by atoms with E-state index in [2.05, 4.69) is 9.97 Å². The molecule has 0 bridgehead atoms. The Kier molecular flexibility index (Phi) is 3.21. The lowest BCUT2D eigenvalue weighted by Gasteiger charge is -1.97. The quantitative estimate of drug-likeness (QED) is 0.565. The Balaban J connectivity index is 1.67. The maximum atomic E-state index is 5.75. The Morgan fingerprint density at radius 2 is 2.26 bits per heavy atom. The fourth-order valence-corrected chi connectivity index (χ4v) is 2.90. The van der Waals surface area contributed by atoms with Crippen LogP contribution in [-0.2, 0) is 6.42 Å². The van der Waals surface area contributed by atoms with Gasteiger partial charge in [0.2, 0.25) is 0 Å². The fourth-order valence-electron chi connectivity index (χ4n) is 1.98. The molecule has 0 saturated heterocycles. The smallest absolute Gasteiger partial charge is 0.114 e. The van der Waals surface area contributed by atoms with Crippen molar-refractivity contribution in [1.29, 1.82) is 0 Å². The first-order valence-corrected chi connectivity index (χ1v) is 7.12. The van der Waals surface area contributed by atoms with E-state index in [1.165, 1.54) is 4.90 Å². The van der Waals surface area contributed by atoms with Gasteiger partial charge in [-0.25, -0.2) is 4.98 Å². The zero-order chi connectivity index (χ0) is 13.2. The molecule has 0 spiro atoms. The number of nitrogens with one attached hydrogen (secondary N) is 1. The number of aromatic nitrogens is 2. The monoisotopic (exact) mass is 273 g/mol. The molecule has 2 heterocycles. The number of thioether (sulfide) groups is 1. The SMILES string of the molecule is Cc1occc1SCCc1nc2ccc(N)cc2[nH]1. The van der Waals surface area contributed by atoms with Crippen LogP contribution in [0.4, 0.5) is 5.69 Å². The lowest BCUT2D eigenvalue weighted by atomic mass is 10.3. The minimum atomic E-state index is 0.756. The molecule has 0 aliphatic heterocycles. The molecule has 5 heteroatoms. The van der Waals surface area contributed by atoms with E-state index >= 15 is 0 Å². The van der Waals surface area contributed by atoms with Gasteiger partial charge in [0, 0.05) is 22.8 Å². The Hall–Kier alpha value is -1.88. The molecule has 0 radical (unpaired) electrons. The average molecular weight is 273 g/mol. The Morgan fingerprint density at radius 3 is 3.05 bits per heavy atom. The summed E-state index contributed by atoms with van der Waals surface area (Å²) in [5.74, 6) is 2.94. The summed E-state index contributed by atoms with van der Waals surface area (Å²) >= 11 is 1.78. The van der Waals surface area contributed by atoms with E-state index in [-0.39, 0.29) is 0 Å². The highest BCUT2D eigenvalue weighted by Crippen LogP contribution is 2.24. The van der Waals surface area contributed by atoms with Crippen LogP contribution >= 0.6 is 11.8 Å². The normalized spacial score (nSPS) is 11.2. The number of hydrogen-bond donors (Lipinski definition) is 2. The molecule has 0 saturated carbocycles. The van der Waals surface area contributed by atoms with Gasteiger partial charge in [0.25, 0.3) is 0 Å². The standard InChI is InChI=1S/C14H15N3OS/c1-9-13(4-6-18-9)19-7-5-14-16-11-3-2-10(15)8-12(11)17-14/h2-4,6,8H,5,7,15H2,1H3,(H,16,17).